The maximum atomic E-state index is 10.2. The Kier molecular flexibility index (Phi) is 5.38. The van der Waals surface area contributed by atoms with Gasteiger partial charge in [-0.05, 0) is 0 Å². The number of aliphatic hydroxyl groups excluding tert-OH is 3. The number of nitrogens with zero attached hydrogens (tertiary/aromatic N) is 4. The van der Waals surface area contributed by atoms with E-state index in [0.717, 1.165) is 0 Å². The number of hydrogen-bond acceptors (Lipinski definition) is 10. The molecule has 0 aromatic carbocycles. The van der Waals surface area contributed by atoms with Crippen LogP contribution in [0.25, 0.3) is 11.2 Å². The summed E-state index contributed by atoms with van der Waals surface area (Å²) < 4.78 is 6.98. The van der Waals surface area contributed by atoms with E-state index in [1.807, 2.05) is 0 Å². The zero-order valence-corrected chi connectivity index (χ0v) is 14.0. The number of fused-ring (bicyclic) bond motifs is 1. The average molecular weight is 366 g/mol. The highest BCUT2D eigenvalue weighted by atomic mass is 32.1. The van der Waals surface area contributed by atoms with Gasteiger partial charge in [-0.25, -0.2) is 9.97 Å². The molecule has 10 nitrogen and oxygen atoms in total. The third-order valence-electron chi connectivity index (χ3n) is 3.76. The van der Waals surface area contributed by atoms with Crippen LogP contribution in [0.15, 0.2) is 11.4 Å². The predicted octanol–water partition coefficient (Wildman–Crippen LogP) is -1.90. The molecule has 0 spiro atoms. The molecule has 6 N–H and O–H groups in total. The summed E-state index contributed by atoms with van der Waals surface area (Å²) in [5.74, 6) is 5.79. The summed E-state index contributed by atoms with van der Waals surface area (Å²) in [6.45, 7) is 0.149. The number of hydrogen-bond donors (Lipinski definition) is 6. The minimum Gasteiger partial charge on any atom is -0.394 e. The van der Waals surface area contributed by atoms with Gasteiger partial charge in [0.05, 0.1) is 26.0 Å². The normalized spacial score (nSPS) is 25.8. The Morgan fingerprint density at radius 3 is 2.80 bits per heavy atom. The quantitative estimate of drug-likeness (QED) is 0.207. The van der Waals surface area contributed by atoms with E-state index < -0.39 is 31.1 Å². The first kappa shape index (κ1) is 17.9. The van der Waals surface area contributed by atoms with Crippen LogP contribution in [0, 0.1) is 11.8 Å². The van der Waals surface area contributed by atoms with Gasteiger partial charge in [-0.1, -0.05) is 11.8 Å². The van der Waals surface area contributed by atoms with Crippen molar-refractivity contribution in [1.82, 2.24) is 19.5 Å². The molecule has 1 saturated heterocycles. The standard InChI is InChI=1S/C14H18N6O4S/c15-3-1-2-4-16-14-18-11-8(12(25)19-14)17-6-20(11)13-10(23)9(22)7(5-21)24-13/h6-7,9-10,13,21-23H,3-5,15H2,(H2,16,18,19,25)/t7-,9?,10+,13-/m1/s1. The summed E-state index contributed by atoms with van der Waals surface area (Å²) >= 11 is 4.30. The Hall–Kier alpha value is -1.94. The van der Waals surface area contributed by atoms with Crippen molar-refractivity contribution in [2.45, 2.75) is 29.6 Å². The van der Waals surface area contributed by atoms with E-state index in [0.29, 0.717) is 22.7 Å². The lowest BCUT2D eigenvalue weighted by atomic mass is 10.1. The molecule has 1 aliphatic rings. The maximum absolute atomic E-state index is 10.2. The molecule has 2 aromatic heterocycles. The van der Waals surface area contributed by atoms with Crippen LogP contribution in [0.3, 0.4) is 0 Å². The van der Waals surface area contributed by atoms with E-state index in [1.54, 1.807) is 0 Å². The molecule has 134 valence electrons. The number of anilines is 1. The number of thiol groups is 1. The Balaban J connectivity index is 1.93. The van der Waals surface area contributed by atoms with Crippen molar-refractivity contribution in [2.75, 3.05) is 25.0 Å². The molecule has 11 heteroatoms. The Morgan fingerprint density at radius 2 is 2.12 bits per heavy atom. The average Bonchev–Trinajstić information content (AvgIpc) is 3.14. The number of rotatable bonds is 4. The number of ether oxygens (including phenoxy) is 1. The summed E-state index contributed by atoms with van der Waals surface area (Å²) in [6.07, 6.45) is -2.87. The Labute approximate surface area is 148 Å². The molecule has 0 aliphatic carbocycles. The van der Waals surface area contributed by atoms with Crippen LogP contribution >= 0.6 is 12.6 Å². The van der Waals surface area contributed by atoms with E-state index in [4.69, 9.17) is 10.5 Å². The summed E-state index contributed by atoms with van der Waals surface area (Å²) in [6, 6.07) is 0. The number of nitrogens with one attached hydrogen (secondary N) is 1. The molecule has 0 amide bonds. The number of imidazole rings is 1. The van der Waals surface area contributed by atoms with Crippen molar-refractivity contribution in [3.63, 3.8) is 0 Å². The molecule has 0 saturated carbocycles. The third kappa shape index (κ3) is 3.40. The second-order valence-electron chi connectivity index (χ2n) is 5.33. The lowest BCUT2D eigenvalue weighted by Crippen LogP contribution is -2.33. The summed E-state index contributed by atoms with van der Waals surface area (Å²) in [5.41, 5.74) is 6.08. The van der Waals surface area contributed by atoms with Gasteiger partial charge in [0, 0.05) is 0 Å². The van der Waals surface area contributed by atoms with Crippen molar-refractivity contribution in [2.24, 2.45) is 5.73 Å². The molecule has 1 unspecified atom stereocenters. The molecule has 25 heavy (non-hydrogen) atoms. The highest BCUT2D eigenvalue weighted by Gasteiger charge is 2.44. The molecule has 1 aliphatic heterocycles. The largest absolute Gasteiger partial charge is 0.394 e. The van der Waals surface area contributed by atoms with Crippen LogP contribution in [0.1, 0.15) is 6.23 Å². The summed E-state index contributed by atoms with van der Waals surface area (Å²) in [4.78, 5) is 12.7. The first-order chi connectivity index (χ1) is 12.1. The fourth-order valence-electron chi connectivity index (χ4n) is 2.53. The maximum Gasteiger partial charge on any atom is 0.226 e. The molecule has 4 atom stereocenters. The molecular formula is C14H18N6O4S. The van der Waals surface area contributed by atoms with Gasteiger partial charge in [-0.3, -0.25) is 4.57 Å². The van der Waals surface area contributed by atoms with Gasteiger partial charge in [0.25, 0.3) is 0 Å². The highest BCUT2D eigenvalue weighted by Crippen LogP contribution is 2.32. The van der Waals surface area contributed by atoms with Gasteiger partial charge in [0.2, 0.25) is 5.95 Å². The molecule has 2 aromatic rings. The summed E-state index contributed by atoms with van der Waals surface area (Å²) in [7, 11) is 0. The van der Waals surface area contributed by atoms with Crippen molar-refractivity contribution < 1.29 is 20.1 Å². The second-order valence-corrected chi connectivity index (χ2v) is 5.76. The van der Waals surface area contributed by atoms with Gasteiger partial charge in [-0.15, -0.1) is 12.6 Å². The van der Waals surface area contributed by atoms with Gasteiger partial charge in [0.15, 0.2) is 11.9 Å². The van der Waals surface area contributed by atoms with E-state index in [2.05, 4.69) is 44.7 Å². The van der Waals surface area contributed by atoms with Crippen molar-refractivity contribution in [3.8, 4) is 11.8 Å². The van der Waals surface area contributed by atoms with Crippen LogP contribution in [0.4, 0.5) is 5.95 Å². The third-order valence-corrected chi connectivity index (χ3v) is 4.07. The zero-order chi connectivity index (χ0) is 18.0. The fraction of sp³-hybridized carbons (Fsp3) is 0.500. The fourth-order valence-corrected chi connectivity index (χ4v) is 2.79. The summed E-state index contributed by atoms with van der Waals surface area (Å²) in [5, 5.41) is 32.6. The molecular weight excluding hydrogens is 348 g/mol. The second kappa shape index (κ2) is 7.52. The lowest BCUT2D eigenvalue weighted by molar-refractivity contribution is -0.0511. The Bertz CT molecular complexity index is 819. The van der Waals surface area contributed by atoms with Crippen LogP contribution in [0.5, 0.6) is 0 Å². The van der Waals surface area contributed by atoms with Gasteiger partial charge in [0.1, 0.15) is 28.9 Å². The van der Waals surface area contributed by atoms with Crippen molar-refractivity contribution >= 4 is 29.7 Å². The van der Waals surface area contributed by atoms with Gasteiger partial charge < -0.3 is 31.1 Å². The van der Waals surface area contributed by atoms with Gasteiger partial charge in [-0.2, -0.15) is 4.98 Å². The van der Waals surface area contributed by atoms with Crippen LogP contribution in [0.2, 0.25) is 0 Å². The lowest BCUT2D eigenvalue weighted by Gasteiger charge is -2.16. The smallest absolute Gasteiger partial charge is 0.226 e. The zero-order valence-electron chi connectivity index (χ0n) is 13.1. The topological polar surface area (TPSA) is 152 Å². The molecule has 3 rings (SSSR count). The number of aliphatic hydroxyl groups is 3. The van der Waals surface area contributed by atoms with Crippen LogP contribution < -0.4 is 11.1 Å². The van der Waals surface area contributed by atoms with Gasteiger partial charge >= 0.3 is 0 Å². The molecule has 3 heterocycles. The minimum atomic E-state index is -1.24. The highest BCUT2D eigenvalue weighted by molar-refractivity contribution is 7.80. The van der Waals surface area contributed by atoms with E-state index in [-0.39, 0.29) is 12.5 Å². The number of aromatic nitrogens is 4. The molecule has 0 bridgehead atoms. The molecule has 0 radical (unpaired) electrons. The van der Waals surface area contributed by atoms with Crippen LogP contribution in [-0.4, -0.2) is 72.8 Å². The SMILES string of the molecule is NCC#CCNc1nc(S)c2ncn([C@@H]3O[C@H](CO)C(O)[C@@H]3O)c2n1. The predicted molar refractivity (Wildman–Crippen MR) is 90.9 cm³/mol. The van der Waals surface area contributed by atoms with E-state index in [9.17, 15) is 15.3 Å². The number of nitrogens with two attached hydrogens (primary N) is 1. The Morgan fingerprint density at radius 1 is 1.32 bits per heavy atom. The van der Waals surface area contributed by atoms with E-state index >= 15 is 0 Å². The van der Waals surface area contributed by atoms with Crippen molar-refractivity contribution in [1.29, 1.82) is 0 Å². The molecule has 1 fully saturated rings. The first-order valence-electron chi connectivity index (χ1n) is 7.52. The minimum absolute atomic E-state index is 0.261. The van der Waals surface area contributed by atoms with E-state index in [1.165, 1.54) is 10.9 Å². The van der Waals surface area contributed by atoms with Crippen molar-refractivity contribution in [3.05, 3.63) is 6.33 Å². The van der Waals surface area contributed by atoms with Crippen LogP contribution in [-0.2, 0) is 4.74 Å². The monoisotopic (exact) mass is 366 g/mol. The first-order valence-corrected chi connectivity index (χ1v) is 7.97.